The summed E-state index contributed by atoms with van der Waals surface area (Å²) in [5.41, 5.74) is 9.14. The molecule has 0 saturated carbocycles. The lowest BCUT2D eigenvalue weighted by molar-refractivity contribution is 0.482. The Morgan fingerprint density at radius 2 is 1.66 bits per heavy atom. The van der Waals surface area contributed by atoms with Crippen LogP contribution < -0.4 is 11.1 Å². The summed E-state index contributed by atoms with van der Waals surface area (Å²) in [6.45, 7) is 12.4. The van der Waals surface area contributed by atoms with Crippen molar-refractivity contribution in [3.63, 3.8) is 0 Å². The van der Waals surface area contributed by atoms with Crippen LogP contribution in [0.25, 0.3) is 10.8 Å². The van der Waals surface area contributed by atoms with E-state index in [-0.39, 0.29) is 10.7 Å². The van der Waals surface area contributed by atoms with E-state index in [4.69, 9.17) is 5.73 Å². The number of aryl methyl sites for hydroxylation is 1. The number of anilines is 1. The number of nitrogens with two attached hydrogens (primary N) is 1. The Morgan fingerprint density at radius 3 is 2.31 bits per heavy atom. The number of likely N-dealkylation sites (N-methyl/N-ethyl adjacent to an activating group) is 1. The molecule has 0 aliphatic heterocycles. The molecule has 0 aromatic heterocycles. The summed E-state index contributed by atoms with van der Waals surface area (Å²) in [5, 5.41) is 5.53. The first kappa shape index (κ1) is 25.7. The number of nitrogen functional groups attached to an aromatic ring is 1. The van der Waals surface area contributed by atoms with Gasteiger partial charge in [-0.15, -0.1) is 0 Å². The molecular weight excluding hydrogens is 410 g/mol. The van der Waals surface area contributed by atoms with Crippen molar-refractivity contribution in [1.82, 2.24) is 9.62 Å². The maximum atomic E-state index is 5.97. The Bertz CT molecular complexity index is 1010. The van der Waals surface area contributed by atoms with E-state index >= 15 is 0 Å². The molecule has 0 aliphatic carbocycles. The van der Waals surface area contributed by atoms with Gasteiger partial charge in [-0.2, -0.15) is 0 Å². The molecule has 0 bridgehead atoms. The summed E-state index contributed by atoms with van der Waals surface area (Å²) in [6.07, 6.45) is 2.15. The zero-order valence-corrected chi connectivity index (χ0v) is 20.9. The molecule has 1 unspecified atom stereocenters. The van der Waals surface area contributed by atoms with Crippen molar-refractivity contribution in [3.8, 4) is 0 Å². The molecule has 0 aliphatic rings. The summed E-state index contributed by atoms with van der Waals surface area (Å²) in [4.78, 5) is 1.22. The number of rotatable bonds is 9. The lowest BCUT2D eigenvalue weighted by atomic mass is 10.1. The van der Waals surface area contributed by atoms with Crippen LogP contribution in [0.4, 0.5) is 5.69 Å². The molecule has 0 amide bonds. The van der Waals surface area contributed by atoms with Crippen LogP contribution in [0.2, 0.25) is 0 Å². The van der Waals surface area contributed by atoms with Crippen LogP contribution in [-0.4, -0.2) is 30.3 Å². The van der Waals surface area contributed by atoms with E-state index in [9.17, 15) is 0 Å². The standard InChI is InChI=1S/C24H29N3S.C4H10/c1-19(26-2)18-27(15-7-10-20-8-5-4-6-9-20)28(3)24-14-12-21-11-13-23(25)16-22(21)17-24;1-4(2)3/h4-6,8-9,11-14,16-17,26H,1,3,7,10,15,18,25H2,2H3;4H,1-3H3. The number of hydrogen-bond acceptors (Lipinski definition) is 3. The van der Waals surface area contributed by atoms with Gasteiger partial charge in [0.25, 0.3) is 0 Å². The minimum absolute atomic E-state index is 0.272. The molecule has 0 heterocycles. The van der Waals surface area contributed by atoms with Gasteiger partial charge < -0.3 is 11.1 Å². The average molecular weight is 450 g/mol. The minimum atomic E-state index is -0.272. The Kier molecular flexibility index (Phi) is 10.5. The third-order valence-corrected chi connectivity index (χ3v) is 6.59. The van der Waals surface area contributed by atoms with Crippen LogP contribution in [0.3, 0.4) is 0 Å². The van der Waals surface area contributed by atoms with E-state index < -0.39 is 0 Å². The molecule has 172 valence electrons. The molecule has 3 N–H and O–H groups in total. The summed E-state index contributed by atoms with van der Waals surface area (Å²) in [7, 11) is 1.65. The summed E-state index contributed by atoms with van der Waals surface area (Å²) < 4.78 is 2.41. The van der Waals surface area contributed by atoms with Crippen LogP contribution in [0.1, 0.15) is 32.8 Å². The molecule has 3 nitrogen and oxygen atoms in total. The SMILES string of the molecule is C=C(CN(CCCc1ccccc1)S(=C)c1ccc2ccc(N)cc2c1)NC.CC(C)C. The largest absolute Gasteiger partial charge is 0.399 e. The van der Waals surface area contributed by atoms with Gasteiger partial charge in [0.05, 0.1) is 0 Å². The third-order valence-electron chi connectivity index (χ3n) is 4.86. The van der Waals surface area contributed by atoms with Gasteiger partial charge in [0.1, 0.15) is 0 Å². The first-order valence-electron chi connectivity index (χ1n) is 11.3. The first-order valence-corrected chi connectivity index (χ1v) is 12.6. The zero-order chi connectivity index (χ0) is 23.5. The fourth-order valence-corrected chi connectivity index (χ4v) is 4.65. The summed E-state index contributed by atoms with van der Waals surface area (Å²) >= 11 is 0. The van der Waals surface area contributed by atoms with E-state index in [1.165, 1.54) is 15.8 Å². The molecular formula is C28H39N3S. The van der Waals surface area contributed by atoms with Crippen molar-refractivity contribution < 1.29 is 0 Å². The molecule has 3 rings (SSSR count). The van der Waals surface area contributed by atoms with Gasteiger partial charge in [-0.1, -0.05) is 86.4 Å². The van der Waals surface area contributed by atoms with Crippen LogP contribution in [0.5, 0.6) is 0 Å². The highest BCUT2D eigenvalue weighted by Gasteiger charge is 2.12. The van der Waals surface area contributed by atoms with Crippen molar-refractivity contribution in [1.29, 1.82) is 0 Å². The van der Waals surface area contributed by atoms with E-state index in [1.807, 2.05) is 19.2 Å². The maximum Gasteiger partial charge on any atom is 0.0480 e. The van der Waals surface area contributed by atoms with Crippen LogP contribution in [-0.2, 0) is 6.42 Å². The first-order chi connectivity index (χ1) is 15.3. The summed E-state index contributed by atoms with van der Waals surface area (Å²) in [5.74, 6) is 5.34. The molecule has 0 fully saturated rings. The topological polar surface area (TPSA) is 41.3 Å². The molecule has 32 heavy (non-hydrogen) atoms. The average Bonchev–Trinajstić information content (AvgIpc) is 2.77. The number of nitrogens with one attached hydrogen (secondary N) is 1. The highest BCUT2D eigenvalue weighted by Crippen LogP contribution is 2.32. The molecule has 0 spiro atoms. The number of benzene rings is 3. The Hall–Kier alpha value is -2.56. The van der Waals surface area contributed by atoms with Crippen molar-refractivity contribution in [2.75, 3.05) is 25.9 Å². The highest BCUT2D eigenvalue weighted by atomic mass is 32.2. The maximum absolute atomic E-state index is 5.97. The summed E-state index contributed by atoms with van der Waals surface area (Å²) in [6, 6.07) is 23.2. The Balaban J connectivity index is 0.000000837. The number of fused-ring (bicyclic) bond motifs is 1. The van der Waals surface area contributed by atoms with Gasteiger partial charge in [0, 0.05) is 36.4 Å². The van der Waals surface area contributed by atoms with Crippen LogP contribution in [0.15, 0.2) is 83.9 Å². The predicted octanol–water partition coefficient (Wildman–Crippen LogP) is 6.73. The fourth-order valence-electron chi connectivity index (χ4n) is 3.20. The highest BCUT2D eigenvalue weighted by molar-refractivity contribution is 8.12. The normalized spacial score (nSPS) is 11.8. The van der Waals surface area contributed by atoms with E-state index in [2.05, 4.69) is 97.4 Å². The van der Waals surface area contributed by atoms with Gasteiger partial charge >= 0.3 is 0 Å². The number of hydrogen-bond donors (Lipinski definition) is 2. The van der Waals surface area contributed by atoms with Gasteiger partial charge in [0.2, 0.25) is 0 Å². The van der Waals surface area contributed by atoms with E-state index in [0.29, 0.717) is 0 Å². The molecule has 0 saturated heterocycles. The molecule has 0 radical (unpaired) electrons. The quantitative estimate of drug-likeness (QED) is 0.281. The van der Waals surface area contributed by atoms with Gasteiger partial charge in [-0.3, -0.25) is 0 Å². The van der Waals surface area contributed by atoms with Crippen molar-refractivity contribution in [2.24, 2.45) is 5.92 Å². The smallest absolute Gasteiger partial charge is 0.0480 e. The second-order valence-electron chi connectivity index (χ2n) is 8.67. The second-order valence-corrected chi connectivity index (χ2v) is 10.4. The van der Waals surface area contributed by atoms with E-state index in [1.54, 1.807) is 0 Å². The molecule has 3 aromatic carbocycles. The minimum Gasteiger partial charge on any atom is -0.399 e. The van der Waals surface area contributed by atoms with E-state index in [0.717, 1.165) is 48.6 Å². The molecule has 1 atom stereocenters. The fraction of sp³-hybridized carbons (Fsp3) is 0.321. The lowest BCUT2D eigenvalue weighted by Crippen LogP contribution is -2.26. The second kappa shape index (κ2) is 13.1. The lowest BCUT2D eigenvalue weighted by Gasteiger charge is -2.27. The zero-order valence-electron chi connectivity index (χ0n) is 20.1. The third kappa shape index (κ3) is 8.52. The monoisotopic (exact) mass is 449 g/mol. The van der Waals surface area contributed by atoms with Crippen molar-refractivity contribution in [2.45, 2.75) is 38.5 Å². The van der Waals surface area contributed by atoms with Crippen LogP contribution in [0, 0.1) is 5.92 Å². The van der Waals surface area contributed by atoms with Gasteiger partial charge in [0.15, 0.2) is 0 Å². The van der Waals surface area contributed by atoms with Gasteiger partial charge in [-0.25, -0.2) is 4.31 Å². The number of nitrogens with zero attached hydrogens (tertiary/aromatic N) is 1. The predicted molar refractivity (Wildman–Crippen MR) is 146 cm³/mol. The van der Waals surface area contributed by atoms with Crippen molar-refractivity contribution >= 4 is 33.0 Å². The van der Waals surface area contributed by atoms with Gasteiger partial charge in [-0.05, 0) is 59.4 Å². The Morgan fingerprint density at radius 1 is 1.00 bits per heavy atom. The Labute approximate surface area is 197 Å². The molecule has 4 heteroatoms. The van der Waals surface area contributed by atoms with Crippen LogP contribution >= 0.6 is 10.7 Å². The van der Waals surface area contributed by atoms with Crippen molar-refractivity contribution in [3.05, 3.63) is 84.6 Å². The molecule has 3 aromatic rings.